The first kappa shape index (κ1) is 11.0. The highest BCUT2D eigenvalue weighted by Gasteiger charge is 2.12. The summed E-state index contributed by atoms with van der Waals surface area (Å²) in [6, 6.07) is 0. The molecule has 2 atom stereocenters. The summed E-state index contributed by atoms with van der Waals surface area (Å²) in [6.45, 7) is 6.72. The Bertz CT molecular complexity index is 124. The number of hydrogen-bond donors (Lipinski definition) is 3. The van der Waals surface area contributed by atoms with Gasteiger partial charge < -0.3 is 15.7 Å². The first-order valence-corrected chi connectivity index (χ1v) is 5.35. The minimum absolute atomic E-state index is 0.288. The summed E-state index contributed by atoms with van der Waals surface area (Å²) in [5.74, 6) is 1.18. The van der Waals surface area contributed by atoms with Crippen LogP contribution in [0.25, 0.3) is 0 Å². The van der Waals surface area contributed by atoms with Crippen LogP contribution in [-0.2, 0) is 0 Å². The largest absolute Gasteiger partial charge is 0.396 e. The SMILES string of the molecule is CC(CO)CNCC1CCCNC1. The van der Waals surface area contributed by atoms with Crippen LogP contribution in [-0.4, -0.2) is 37.9 Å². The molecule has 1 aliphatic rings. The van der Waals surface area contributed by atoms with E-state index in [2.05, 4.69) is 17.6 Å². The maximum absolute atomic E-state index is 8.82. The summed E-state index contributed by atoms with van der Waals surface area (Å²) < 4.78 is 0. The van der Waals surface area contributed by atoms with Gasteiger partial charge in [0.25, 0.3) is 0 Å². The van der Waals surface area contributed by atoms with Crippen LogP contribution in [0.2, 0.25) is 0 Å². The smallest absolute Gasteiger partial charge is 0.0468 e. The maximum atomic E-state index is 8.82. The second-order valence-electron chi connectivity index (χ2n) is 4.16. The van der Waals surface area contributed by atoms with Crippen molar-refractivity contribution in [2.45, 2.75) is 19.8 Å². The topological polar surface area (TPSA) is 44.3 Å². The van der Waals surface area contributed by atoms with Crippen molar-refractivity contribution in [3.8, 4) is 0 Å². The van der Waals surface area contributed by atoms with Gasteiger partial charge in [-0.1, -0.05) is 6.92 Å². The Morgan fingerprint density at radius 3 is 3.08 bits per heavy atom. The van der Waals surface area contributed by atoms with Crippen LogP contribution in [0.4, 0.5) is 0 Å². The van der Waals surface area contributed by atoms with E-state index in [1.807, 2.05) is 0 Å². The molecule has 0 aromatic rings. The number of aliphatic hydroxyl groups excluding tert-OH is 1. The molecule has 1 aliphatic heterocycles. The van der Waals surface area contributed by atoms with Gasteiger partial charge in [0.15, 0.2) is 0 Å². The monoisotopic (exact) mass is 186 g/mol. The van der Waals surface area contributed by atoms with Crippen LogP contribution in [0, 0.1) is 11.8 Å². The fraction of sp³-hybridized carbons (Fsp3) is 1.00. The van der Waals surface area contributed by atoms with Gasteiger partial charge in [-0.25, -0.2) is 0 Å². The van der Waals surface area contributed by atoms with Crippen LogP contribution in [0.5, 0.6) is 0 Å². The Morgan fingerprint density at radius 1 is 1.62 bits per heavy atom. The molecule has 0 spiro atoms. The molecule has 1 saturated heterocycles. The Kier molecular flexibility index (Phi) is 5.35. The van der Waals surface area contributed by atoms with Crippen molar-refractivity contribution in [1.29, 1.82) is 0 Å². The van der Waals surface area contributed by atoms with E-state index in [-0.39, 0.29) is 6.61 Å². The average molecular weight is 186 g/mol. The van der Waals surface area contributed by atoms with Crippen LogP contribution < -0.4 is 10.6 Å². The normalized spacial score (nSPS) is 25.8. The van der Waals surface area contributed by atoms with E-state index in [1.54, 1.807) is 0 Å². The van der Waals surface area contributed by atoms with E-state index in [4.69, 9.17) is 5.11 Å². The minimum Gasteiger partial charge on any atom is -0.396 e. The standard InChI is InChI=1S/C10H22N2O/c1-9(8-13)5-12-7-10-3-2-4-11-6-10/h9-13H,2-8H2,1H3. The van der Waals surface area contributed by atoms with Crippen molar-refractivity contribution in [3.63, 3.8) is 0 Å². The molecule has 0 aromatic carbocycles. The van der Waals surface area contributed by atoms with Crippen LogP contribution in [0.15, 0.2) is 0 Å². The Hall–Kier alpha value is -0.120. The molecule has 2 unspecified atom stereocenters. The molecular formula is C10H22N2O. The van der Waals surface area contributed by atoms with E-state index in [9.17, 15) is 0 Å². The van der Waals surface area contributed by atoms with Gasteiger partial charge in [0.05, 0.1) is 0 Å². The lowest BCUT2D eigenvalue weighted by atomic mass is 9.99. The predicted octanol–water partition coefficient (Wildman–Crippen LogP) is 0.204. The number of nitrogens with one attached hydrogen (secondary N) is 2. The molecule has 3 heteroatoms. The summed E-state index contributed by atoms with van der Waals surface area (Å²) in [5.41, 5.74) is 0. The highest BCUT2D eigenvalue weighted by Crippen LogP contribution is 2.08. The number of hydrogen-bond acceptors (Lipinski definition) is 3. The molecule has 0 radical (unpaired) electrons. The lowest BCUT2D eigenvalue weighted by molar-refractivity contribution is 0.230. The van der Waals surface area contributed by atoms with Gasteiger partial charge in [0, 0.05) is 6.61 Å². The van der Waals surface area contributed by atoms with Gasteiger partial charge in [-0.15, -0.1) is 0 Å². The summed E-state index contributed by atoms with van der Waals surface area (Å²) >= 11 is 0. The van der Waals surface area contributed by atoms with Crippen LogP contribution in [0.1, 0.15) is 19.8 Å². The quantitative estimate of drug-likeness (QED) is 0.575. The van der Waals surface area contributed by atoms with E-state index in [0.717, 1.165) is 25.6 Å². The first-order valence-electron chi connectivity index (χ1n) is 5.35. The third kappa shape index (κ3) is 4.60. The summed E-state index contributed by atoms with van der Waals surface area (Å²) in [6.07, 6.45) is 2.65. The molecule has 3 N–H and O–H groups in total. The third-order valence-electron chi connectivity index (χ3n) is 2.64. The Morgan fingerprint density at radius 2 is 2.46 bits per heavy atom. The molecular weight excluding hydrogens is 164 g/mol. The second kappa shape index (κ2) is 6.35. The zero-order valence-electron chi connectivity index (χ0n) is 8.55. The van der Waals surface area contributed by atoms with Gasteiger partial charge >= 0.3 is 0 Å². The van der Waals surface area contributed by atoms with Crippen molar-refractivity contribution in [3.05, 3.63) is 0 Å². The van der Waals surface area contributed by atoms with Gasteiger partial charge in [0.1, 0.15) is 0 Å². The molecule has 0 aromatic heterocycles. The van der Waals surface area contributed by atoms with Crippen molar-refractivity contribution >= 4 is 0 Å². The van der Waals surface area contributed by atoms with E-state index in [0.29, 0.717) is 5.92 Å². The lowest BCUT2D eigenvalue weighted by Crippen LogP contribution is -2.37. The zero-order chi connectivity index (χ0) is 9.52. The summed E-state index contributed by atoms with van der Waals surface area (Å²) in [7, 11) is 0. The van der Waals surface area contributed by atoms with E-state index in [1.165, 1.54) is 19.4 Å². The van der Waals surface area contributed by atoms with Gasteiger partial charge in [-0.3, -0.25) is 0 Å². The van der Waals surface area contributed by atoms with Gasteiger partial charge in [0.2, 0.25) is 0 Å². The number of rotatable bonds is 5. The molecule has 78 valence electrons. The molecule has 0 aliphatic carbocycles. The lowest BCUT2D eigenvalue weighted by Gasteiger charge is -2.23. The van der Waals surface area contributed by atoms with E-state index < -0.39 is 0 Å². The van der Waals surface area contributed by atoms with Crippen molar-refractivity contribution in [2.75, 3.05) is 32.8 Å². The third-order valence-corrected chi connectivity index (χ3v) is 2.64. The second-order valence-corrected chi connectivity index (χ2v) is 4.16. The number of aliphatic hydroxyl groups is 1. The molecule has 0 amide bonds. The first-order chi connectivity index (χ1) is 6.33. The molecule has 0 saturated carbocycles. The van der Waals surface area contributed by atoms with Gasteiger partial charge in [-0.05, 0) is 50.9 Å². The highest BCUT2D eigenvalue weighted by molar-refractivity contribution is 4.71. The average Bonchev–Trinajstić information content (AvgIpc) is 2.19. The minimum atomic E-state index is 0.288. The molecule has 13 heavy (non-hydrogen) atoms. The molecule has 1 fully saturated rings. The Labute approximate surface area is 80.9 Å². The molecule has 1 rings (SSSR count). The summed E-state index contributed by atoms with van der Waals surface area (Å²) in [5, 5.41) is 15.6. The molecule has 3 nitrogen and oxygen atoms in total. The highest BCUT2D eigenvalue weighted by atomic mass is 16.3. The molecule has 0 bridgehead atoms. The Balaban J connectivity index is 1.98. The fourth-order valence-electron chi connectivity index (χ4n) is 1.70. The van der Waals surface area contributed by atoms with Crippen molar-refractivity contribution < 1.29 is 5.11 Å². The predicted molar refractivity (Wildman–Crippen MR) is 54.7 cm³/mol. The van der Waals surface area contributed by atoms with Crippen molar-refractivity contribution in [1.82, 2.24) is 10.6 Å². The number of piperidine rings is 1. The zero-order valence-corrected chi connectivity index (χ0v) is 8.55. The van der Waals surface area contributed by atoms with Gasteiger partial charge in [-0.2, -0.15) is 0 Å². The van der Waals surface area contributed by atoms with Crippen LogP contribution in [0.3, 0.4) is 0 Å². The maximum Gasteiger partial charge on any atom is 0.0468 e. The van der Waals surface area contributed by atoms with Crippen molar-refractivity contribution in [2.24, 2.45) is 11.8 Å². The van der Waals surface area contributed by atoms with E-state index >= 15 is 0 Å². The summed E-state index contributed by atoms with van der Waals surface area (Å²) in [4.78, 5) is 0. The fourth-order valence-corrected chi connectivity index (χ4v) is 1.70. The molecule has 1 heterocycles. The van der Waals surface area contributed by atoms with Crippen LogP contribution >= 0.6 is 0 Å².